The van der Waals surface area contributed by atoms with Gasteiger partial charge in [0.15, 0.2) is 0 Å². The van der Waals surface area contributed by atoms with Gasteiger partial charge in [0.2, 0.25) is 5.95 Å². The minimum Gasteiger partial charge on any atom is -0.368 e. The van der Waals surface area contributed by atoms with E-state index >= 15 is 0 Å². The second kappa shape index (κ2) is 2.87. The molecule has 2 rings (SSSR count). The van der Waals surface area contributed by atoms with Crippen molar-refractivity contribution in [3.63, 3.8) is 0 Å². The predicted molar refractivity (Wildman–Crippen MR) is 52.7 cm³/mol. The smallest absolute Gasteiger partial charge is 0.222 e. The third kappa shape index (κ3) is 1.71. The number of hydrogen-bond acceptors (Lipinski definition) is 4. The van der Waals surface area contributed by atoms with Crippen molar-refractivity contribution < 1.29 is 0 Å². The van der Waals surface area contributed by atoms with Crippen molar-refractivity contribution in [1.29, 1.82) is 0 Å². The van der Waals surface area contributed by atoms with E-state index in [1.807, 2.05) is 25.1 Å². The van der Waals surface area contributed by atoms with E-state index in [-0.39, 0.29) is 0 Å². The Kier molecular flexibility index (Phi) is 1.83. The van der Waals surface area contributed by atoms with E-state index in [0.717, 1.165) is 11.5 Å². The first kappa shape index (κ1) is 8.29. The first-order chi connectivity index (χ1) is 6.16. The fourth-order valence-electron chi connectivity index (χ4n) is 1.29. The molecule has 0 amide bonds. The van der Waals surface area contributed by atoms with Crippen LogP contribution in [0.25, 0.3) is 0 Å². The number of nitrogens with zero attached hydrogens (tertiary/aromatic N) is 3. The van der Waals surface area contributed by atoms with E-state index in [0.29, 0.717) is 11.9 Å². The van der Waals surface area contributed by atoms with Crippen molar-refractivity contribution in [3.05, 3.63) is 11.8 Å². The van der Waals surface area contributed by atoms with Gasteiger partial charge in [0.05, 0.1) is 5.69 Å². The predicted octanol–water partition coefficient (Wildman–Crippen LogP) is 1.00. The van der Waals surface area contributed by atoms with Gasteiger partial charge in [0, 0.05) is 26.1 Å². The first-order valence-electron chi connectivity index (χ1n) is 4.48. The van der Waals surface area contributed by atoms with Gasteiger partial charge in [-0.3, -0.25) is 0 Å². The monoisotopic (exact) mass is 178 g/mol. The van der Waals surface area contributed by atoms with Crippen LogP contribution in [0.5, 0.6) is 0 Å². The van der Waals surface area contributed by atoms with Gasteiger partial charge in [-0.15, -0.1) is 0 Å². The molecule has 1 aliphatic carbocycles. The number of nitrogens with two attached hydrogens (primary N) is 1. The Morgan fingerprint density at radius 1 is 1.38 bits per heavy atom. The van der Waals surface area contributed by atoms with Gasteiger partial charge in [-0.25, -0.2) is 4.98 Å². The number of rotatable bonds is 2. The van der Waals surface area contributed by atoms with Crippen LogP contribution in [0.1, 0.15) is 24.5 Å². The lowest BCUT2D eigenvalue weighted by molar-refractivity contribution is 0.968. The average molecular weight is 178 g/mol. The molecule has 0 aromatic carbocycles. The summed E-state index contributed by atoms with van der Waals surface area (Å²) in [5.74, 6) is 1.91. The molecule has 0 saturated heterocycles. The van der Waals surface area contributed by atoms with E-state index < -0.39 is 0 Å². The standard InChI is InChI=1S/C9H14N4/c1-13(2)8-5-7(6-3-4-6)11-9(10)12-8/h5-6H,3-4H2,1-2H3,(H2,10,11,12). The lowest BCUT2D eigenvalue weighted by Gasteiger charge is -2.12. The minimum atomic E-state index is 0.383. The van der Waals surface area contributed by atoms with Crippen LogP contribution in [0.4, 0.5) is 11.8 Å². The molecule has 0 aliphatic heterocycles. The summed E-state index contributed by atoms with van der Waals surface area (Å²) in [6, 6.07) is 2.02. The molecule has 1 aromatic heterocycles. The molecular weight excluding hydrogens is 164 g/mol. The molecule has 0 atom stereocenters. The third-order valence-corrected chi connectivity index (χ3v) is 2.20. The molecule has 0 radical (unpaired) electrons. The minimum absolute atomic E-state index is 0.383. The summed E-state index contributed by atoms with van der Waals surface area (Å²) >= 11 is 0. The van der Waals surface area contributed by atoms with Crippen LogP contribution in [0.15, 0.2) is 6.07 Å². The number of nitrogen functional groups attached to an aromatic ring is 1. The summed E-state index contributed by atoms with van der Waals surface area (Å²) in [7, 11) is 3.91. The Labute approximate surface area is 77.8 Å². The fraction of sp³-hybridized carbons (Fsp3) is 0.556. The summed E-state index contributed by atoms with van der Waals surface area (Å²) in [5, 5.41) is 0. The molecule has 1 aliphatic rings. The highest BCUT2D eigenvalue weighted by Crippen LogP contribution is 2.39. The maximum atomic E-state index is 5.61. The van der Waals surface area contributed by atoms with Crippen LogP contribution < -0.4 is 10.6 Å². The largest absolute Gasteiger partial charge is 0.368 e. The Bertz CT molecular complexity index is 297. The Morgan fingerprint density at radius 2 is 2.08 bits per heavy atom. The zero-order valence-electron chi connectivity index (χ0n) is 7.99. The summed E-state index contributed by atoms with van der Waals surface area (Å²) in [4.78, 5) is 10.3. The zero-order chi connectivity index (χ0) is 9.42. The highest BCUT2D eigenvalue weighted by molar-refractivity contribution is 5.43. The summed E-state index contributed by atoms with van der Waals surface area (Å²) < 4.78 is 0. The molecule has 1 aromatic rings. The van der Waals surface area contributed by atoms with Crippen LogP contribution >= 0.6 is 0 Å². The van der Waals surface area contributed by atoms with E-state index in [1.54, 1.807) is 0 Å². The summed E-state index contributed by atoms with van der Waals surface area (Å²) in [6.45, 7) is 0. The SMILES string of the molecule is CN(C)c1cc(C2CC2)nc(N)n1. The zero-order valence-corrected chi connectivity index (χ0v) is 7.99. The van der Waals surface area contributed by atoms with Crippen LogP contribution in [-0.4, -0.2) is 24.1 Å². The van der Waals surface area contributed by atoms with Crippen LogP contribution in [-0.2, 0) is 0 Å². The normalized spacial score (nSPS) is 15.8. The maximum Gasteiger partial charge on any atom is 0.222 e. The van der Waals surface area contributed by atoms with Crippen molar-refractivity contribution in [2.24, 2.45) is 0 Å². The van der Waals surface area contributed by atoms with Gasteiger partial charge in [0.1, 0.15) is 5.82 Å². The Balaban J connectivity index is 2.36. The maximum absolute atomic E-state index is 5.61. The van der Waals surface area contributed by atoms with Crippen LogP contribution in [0.2, 0.25) is 0 Å². The summed E-state index contributed by atoms with van der Waals surface area (Å²) in [6.07, 6.45) is 2.48. The Hall–Kier alpha value is -1.32. The number of hydrogen-bond donors (Lipinski definition) is 1. The molecule has 1 heterocycles. The lowest BCUT2D eigenvalue weighted by Crippen LogP contribution is -2.13. The van der Waals surface area contributed by atoms with Gasteiger partial charge in [-0.05, 0) is 12.8 Å². The van der Waals surface area contributed by atoms with Crippen molar-refractivity contribution in [2.45, 2.75) is 18.8 Å². The molecule has 70 valence electrons. The van der Waals surface area contributed by atoms with E-state index in [1.165, 1.54) is 12.8 Å². The fourth-order valence-corrected chi connectivity index (χ4v) is 1.29. The average Bonchev–Trinajstić information content (AvgIpc) is 2.85. The van der Waals surface area contributed by atoms with Crippen molar-refractivity contribution in [3.8, 4) is 0 Å². The number of aromatic nitrogens is 2. The lowest BCUT2D eigenvalue weighted by atomic mass is 10.3. The molecule has 1 saturated carbocycles. The summed E-state index contributed by atoms with van der Waals surface area (Å²) in [5.41, 5.74) is 6.71. The molecule has 0 spiro atoms. The number of anilines is 2. The van der Waals surface area contributed by atoms with Gasteiger partial charge in [-0.2, -0.15) is 4.98 Å². The molecule has 0 bridgehead atoms. The highest BCUT2D eigenvalue weighted by atomic mass is 15.2. The molecule has 1 fully saturated rings. The Morgan fingerprint density at radius 3 is 2.62 bits per heavy atom. The molecule has 4 heteroatoms. The second-order valence-corrected chi connectivity index (χ2v) is 3.68. The van der Waals surface area contributed by atoms with E-state index in [2.05, 4.69) is 9.97 Å². The van der Waals surface area contributed by atoms with Gasteiger partial charge in [0.25, 0.3) is 0 Å². The molecule has 4 nitrogen and oxygen atoms in total. The van der Waals surface area contributed by atoms with Gasteiger partial charge < -0.3 is 10.6 Å². The van der Waals surface area contributed by atoms with Crippen LogP contribution in [0, 0.1) is 0 Å². The van der Waals surface area contributed by atoms with E-state index in [4.69, 9.17) is 5.73 Å². The van der Waals surface area contributed by atoms with Gasteiger partial charge in [-0.1, -0.05) is 0 Å². The van der Waals surface area contributed by atoms with Crippen LogP contribution in [0.3, 0.4) is 0 Å². The van der Waals surface area contributed by atoms with Gasteiger partial charge >= 0.3 is 0 Å². The third-order valence-electron chi connectivity index (χ3n) is 2.20. The van der Waals surface area contributed by atoms with Crippen molar-refractivity contribution in [2.75, 3.05) is 24.7 Å². The molecule has 0 unspecified atom stereocenters. The first-order valence-corrected chi connectivity index (χ1v) is 4.48. The quantitative estimate of drug-likeness (QED) is 0.734. The molecule has 2 N–H and O–H groups in total. The highest BCUT2D eigenvalue weighted by Gasteiger charge is 2.26. The topological polar surface area (TPSA) is 55.0 Å². The molecule has 13 heavy (non-hydrogen) atoms. The van der Waals surface area contributed by atoms with E-state index in [9.17, 15) is 0 Å². The molecular formula is C9H14N4. The van der Waals surface area contributed by atoms with Crippen molar-refractivity contribution >= 4 is 11.8 Å². The van der Waals surface area contributed by atoms with Crippen molar-refractivity contribution in [1.82, 2.24) is 9.97 Å². The second-order valence-electron chi connectivity index (χ2n) is 3.68.